The summed E-state index contributed by atoms with van der Waals surface area (Å²) in [5, 5.41) is 15.5. The molecule has 2 heterocycles. The van der Waals surface area contributed by atoms with E-state index in [4.69, 9.17) is 4.74 Å². The molecule has 3 atom stereocenters. The van der Waals surface area contributed by atoms with E-state index < -0.39 is 24.0 Å². The topological polar surface area (TPSA) is 131 Å². The molecule has 2 amide bonds. The lowest BCUT2D eigenvalue weighted by atomic mass is 9.95. The Balaban J connectivity index is 1.23. The van der Waals surface area contributed by atoms with E-state index in [9.17, 15) is 19.5 Å². The number of hydrogen-bond donors (Lipinski definition) is 3. The minimum absolute atomic E-state index is 0.103. The lowest BCUT2D eigenvalue weighted by Gasteiger charge is -2.23. The average molecular weight is 711 g/mol. The molecule has 51 heavy (non-hydrogen) atoms. The van der Waals surface area contributed by atoms with E-state index in [1.165, 1.54) is 37.0 Å². The third-order valence-corrected chi connectivity index (χ3v) is 10.9. The Morgan fingerprint density at radius 2 is 1.57 bits per heavy atom. The van der Waals surface area contributed by atoms with E-state index in [-0.39, 0.29) is 23.7 Å². The van der Waals surface area contributed by atoms with Crippen LogP contribution in [-0.2, 0) is 21.4 Å². The Bertz CT molecular complexity index is 1750. The van der Waals surface area contributed by atoms with Crippen molar-refractivity contribution >= 4 is 29.1 Å². The van der Waals surface area contributed by atoms with Gasteiger partial charge in [-0.25, -0.2) is 9.97 Å². The number of hydrogen-bond acceptors (Lipinski definition) is 7. The van der Waals surface area contributed by atoms with Gasteiger partial charge in [-0.05, 0) is 60.1 Å². The maximum absolute atomic E-state index is 13.6. The van der Waals surface area contributed by atoms with E-state index in [2.05, 4.69) is 48.3 Å². The van der Waals surface area contributed by atoms with Crippen molar-refractivity contribution in [3.8, 4) is 28.3 Å². The second-order valence-corrected chi connectivity index (χ2v) is 15.5. The SMILES string of the molecule is CCCCCCCOc1ccc(-c2cnc(-c3ccc(CC(NC(=O)c4ccc(C(C)(C)C)s4)C(=O)NC4CCCC4C(=O)O)cc3)nc2)cc1. The van der Waals surface area contributed by atoms with Crippen LogP contribution in [-0.4, -0.2) is 51.5 Å². The zero-order chi connectivity index (χ0) is 36.4. The van der Waals surface area contributed by atoms with Crippen molar-refractivity contribution in [2.45, 2.75) is 103 Å². The number of rotatable bonds is 16. The zero-order valence-corrected chi connectivity index (χ0v) is 30.9. The van der Waals surface area contributed by atoms with Crippen molar-refractivity contribution in [2.24, 2.45) is 5.92 Å². The van der Waals surface area contributed by atoms with Gasteiger partial charge in [-0.2, -0.15) is 0 Å². The number of nitrogens with one attached hydrogen (secondary N) is 2. The van der Waals surface area contributed by atoms with Crippen LogP contribution in [0.15, 0.2) is 73.1 Å². The van der Waals surface area contributed by atoms with Crippen molar-refractivity contribution in [2.75, 3.05) is 6.61 Å². The fourth-order valence-corrected chi connectivity index (χ4v) is 7.27. The van der Waals surface area contributed by atoms with Gasteiger partial charge in [0.15, 0.2) is 5.82 Å². The molecule has 0 saturated heterocycles. The first-order valence-electron chi connectivity index (χ1n) is 18.1. The lowest BCUT2D eigenvalue weighted by molar-refractivity contribution is -0.142. The average Bonchev–Trinajstić information content (AvgIpc) is 3.81. The standard InChI is InChI=1S/C41H50N4O5S/c1-5-6-7-8-9-23-50-31-19-17-28(18-20-31)30-25-42-37(43-26-30)29-15-13-27(14-16-29)24-34(38(46)44-33-12-10-11-32(33)40(48)49)45-39(47)35-21-22-36(51-35)41(2,3)4/h13-22,25-26,32-34H,5-12,23-24H2,1-4H3,(H,44,46)(H,45,47)(H,48,49). The number of amides is 2. The van der Waals surface area contributed by atoms with Gasteiger partial charge >= 0.3 is 5.97 Å². The Morgan fingerprint density at radius 3 is 2.22 bits per heavy atom. The monoisotopic (exact) mass is 710 g/mol. The third-order valence-electron chi connectivity index (χ3n) is 9.36. The number of carbonyl (C=O) groups excluding carboxylic acids is 2. The van der Waals surface area contributed by atoms with E-state index in [1.54, 1.807) is 18.5 Å². The van der Waals surface area contributed by atoms with Gasteiger partial charge in [-0.1, -0.05) is 96.2 Å². The summed E-state index contributed by atoms with van der Waals surface area (Å²) in [5.41, 5.74) is 3.46. The highest BCUT2D eigenvalue weighted by Gasteiger charge is 2.35. The zero-order valence-electron chi connectivity index (χ0n) is 30.1. The number of carboxylic acids is 1. The molecule has 3 N–H and O–H groups in total. The Hall–Kier alpha value is -4.57. The fourth-order valence-electron chi connectivity index (χ4n) is 6.30. The summed E-state index contributed by atoms with van der Waals surface area (Å²) >= 11 is 1.41. The summed E-state index contributed by atoms with van der Waals surface area (Å²) in [7, 11) is 0. The maximum Gasteiger partial charge on any atom is 0.308 e. The summed E-state index contributed by atoms with van der Waals surface area (Å²) in [6, 6.07) is 18.0. The molecule has 2 aromatic carbocycles. The van der Waals surface area contributed by atoms with Crippen LogP contribution in [0.4, 0.5) is 0 Å². The number of aliphatic carboxylic acids is 1. The van der Waals surface area contributed by atoms with E-state index >= 15 is 0 Å². The second-order valence-electron chi connectivity index (χ2n) is 14.4. The Labute approximate surface area is 305 Å². The summed E-state index contributed by atoms with van der Waals surface area (Å²) in [6.45, 7) is 9.21. The number of carboxylic acid groups (broad SMARTS) is 1. The van der Waals surface area contributed by atoms with E-state index in [0.29, 0.717) is 23.5 Å². The largest absolute Gasteiger partial charge is 0.494 e. The molecule has 0 aliphatic heterocycles. The van der Waals surface area contributed by atoms with Crippen molar-refractivity contribution in [3.05, 3.63) is 88.4 Å². The maximum atomic E-state index is 13.6. The van der Waals surface area contributed by atoms with Crippen molar-refractivity contribution in [3.63, 3.8) is 0 Å². The van der Waals surface area contributed by atoms with Crippen LogP contribution in [0.25, 0.3) is 22.5 Å². The predicted molar refractivity (Wildman–Crippen MR) is 202 cm³/mol. The van der Waals surface area contributed by atoms with Crippen LogP contribution in [0.3, 0.4) is 0 Å². The number of thiophene rings is 1. The number of unbranched alkanes of at least 4 members (excludes halogenated alkanes) is 4. The summed E-state index contributed by atoms with van der Waals surface area (Å²) in [5.74, 6) is -0.838. The first-order chi connectivity index (χ1) is 24.5. The van der Waals surface area contributed by atoms with Crippen molar-refractivity contribution < 1.29 is 24.2 Å². The number of benzene rings is 2. The molecule has 3 unspecified atom stereocenters. The normalized spacial score (nSPS) is 16.4. The van der Waals surface area contributed by atoms with Crippen LogP contribution in [0, 0.1) is 5.92 Å². The summed E-state index contributed by atoms with van der Waals surface area (Å²) < 4.78 is 5.90. The highest BCUT2D eigenvalue weighted by Crippen LogP contribution is 2.30. The molecule has 10 heteroatoms. The van der Waals surface area contributed by atoms with Gasteiger partial charge in [-0.3, -0.25) is 14.4 Å². The number of carbonyl (C=O) groups is 3. The molecule has 270 valence electrons. The smallest absolute Gasteiger partial charge is 0.308 e. The lowest BCUT2D eigenvalue weighted by Crippen LogP contribution is -2.52. The molecule has 5 rings (SSSR count). The van der Waals surface area contributed by atoms with Gasteiger partial charge in [0.2, 0.25) is 5.91 Å². The minimum atomic E-state index is -0.913. The molecule has 1 aliphatic carbocycles. The number of nitrogens with zero attached hydrogens (tertiary/aromatic N) is 2. The van der Waals surface area contributed by atoms with Crippen LogP contribution < -0.4 is 15.4 Å². The summed E-state index contributed by atoms with van der Waals surface area (Å²) in [4.78, 5) is 49.6. The molecule has 0 radical (unpaired) electrons. The minimum Gasteiger partial charge on any atom is -0.494 e. The molecular weight excluding hydrogens is 661 g/mol. The van der Waals surface area contributed by atoms with Gasteiger partial charge < -0.3 is 20.5 Å². The van der Waals surface area contributed by atoms with Crippen LogP contribution in [0.5, 0.6) is 5.75 Å². The Kier molecular flexibility index (Phi) is 13.0. The second kappa shape index (κ2) is 17.6. The molecule has 1 fully saturated rings. The van der Waals surface area contributed by atoms with Crippen LogP contribution in [0.1, 0.15) is 99.2 Å². The van der Waals surface area contributed by atoms with Crippen molar-refractivity contribution in [1.82, 2.24) is 20.6 Å². The van der Waals surface area contributed by atoms with Gasteiger partial charge in [-0.15, -0.1) is 11.3 Å². The first-order valence-corrected chi connectivity index (χ1v) is 18.9. The molecule has 1 aliphatic rings. The quantitative estimate of drug-likeness (QED) is 0.0999. The summed E-state index contributed by atoms with van der Waals surface area (Å²) in [6.07, 6.45) is 11.7. The van der Waals surface area contributed by atoms with Crippen molar-refractivity contribution in [1.29, 1.82) is 0 Å². The fraction of sp³-hybridized carbons (Fsp3) is 0.439. The Morgan fingerprint density at radius 1 is 0.882 bits per heavy atom. The molecule has 4 aromatic rings. The molecular formula is C41H50N4O5S. The highest BCUT2D eigenvalue weighted by molar-refractivity contribution is 7.14. The van der Waals surface area contributed by atoms with Crippen LogP contribution >= 0.6 is 11.3 Å². The number of aromatic nitrogens is 2. The van der Waals surface area contributed by atoms with E-state index in [1.807, 2.05) is 54.6 Å². The number of ether oxygens (including phenoxy) is 1. The predicted octanol–water partition coefficient (Wildman–Crippen LogP) is 8.23. The molecule has 0 spiro atoms. The molecule has 9 nitrogen and oxygen atoms in total. The van der Waals surface area contributed by atoms with Gasteiger partial charge in [0, 0.05) is 40.9 Å². The highest BCUT2D eigenvalue weighted by atomic mass is 32.1. The van der Waals surface area contributed by atoms with Gasteiger partial charge in [0.25, 0.3) is 5.91 Å². The van der Waals surface area contributed by atoms with E-state index in [0.717, 1.165) is 52.3 Å². The third kappa shape index (κ3) is 10.5. The van der Waals surface area contributed by atoms with Crippen LogP contribution in [0.2, 0.25) is 0 Å². The molecule has 0 bridgehead atoms. The first kappa shape index (κ1) is 37.7. The molecule has 2 aromatic heterocycles. The molecule has 1 saturated carbocycles. The van der Waals surface area contributed by atoms with Gasteiger partial charge in [0.1, 0.15) is 11.8 Å². The van der Waals surface area contributed by atoms with Gasteiger partial charge in [0.05, 0.1) is 17.4 Å².